The third-order valence-corrected chi connectivity index (χ3v) is 2.83. The van der Waals surface area contributed by atoms with E-state index in [-0.39, 0.29) is 11.7 Å². The molecule has 0 fully saturated rings. The largest absolute Gasteiger partial charge is 0.409 e. The van der Waals surface area contributed by atoms with E-state index in [1.165, 1.54) is 12.1 Å². The van der Waals surface area contributed by atoms with E-state index in [1.807, 2.05) is 18.0 Å². The first kappa shape index (κ1) is 13.8. The molecule has 6 heteroatoms. The molecule has 0 saturated heterocycles. The van der Waals surface area contributed by atoms with Crippen LogP contribution in [0.15, 0.2) is 47.6 Å². The van der Waals surface area contributed by atoms with E-state index in [2.05, 4.69) is 10.1 Å². The Bertz CT molecular complexity index is 613. The van der Waals surface area contributed by atoms with Gasteiger partial charge in [-0.3, -0.25) is 0 Å². The fraction of sp³-hybridized carbons (Fsp3) is 0.143. The Morgan fingerprint density at radius 3 is 2.65 bits per heavy atom. The predicted octanol–water partition coefficient (Wildman–Crippen LogP) is 1.95. The number of rotatable bonds is 4. The molecule has 0 atom stereocenters. The number of nitrogens with two attached hydrogens (primary N) is 1. The minimum atomic E-state index is -0.261. The molecule has 0 aliphatic heterocycles. The van der Waals surface area contributed by atoms with Crippen LogP contribution in [0.25, 0.3) is 0 Å². The Morgan fingerprint density at radius 1 is 1.30 bits per heavy atom. The molecule has 1 aromatic heterocycles. The number of hydrogen-bond acceptors (Lipinski definition) is 4. The number of halogens is 1. The van der Waals surface area contributed by atoms with E-state index >= 15 is 0 Å². The highest BCUT2D eigenvalue weighted by Crippen LogP contribution is 2.13. The molecule has 2 rings (SSSR count). The van der Waals surface area contributed by atoms with Gasteiger partial charge in [0.15, 0.2) is 5.84 Å². The molecule has 0 amide bonds. The quantitative estimate of drug-likeness (QED) is 0.387. The average molecular weight is 274 g/mol. The van der Waals surface area contributed by atoms with Crippen molar-refractivity contribution in [2.45, 2.75) is 6.54 Å². The van der Waals surface area contributed by atoms with Gasteiger partial charge in [-0.25, -0.2) is 9.37 Å². The minimum Gasteiger partial charge on any atom is -0.409 e. The molecule has 20 heavy (non-hydrogen) atoms. The summed E-state index contributed by atoms with van der Waals surface area (Å²) >= 11 is 0. The van der Waals surface area contributed by atoms with E-state index in [0.717, 1.165) is 5.56 Å². The Kier molecular flexibility index (Phi) is 4.14. The summed E-state index contributed by atoms with van der Waals surface area (Å²) in [6.45, 7) is 0.576. The van der Waals surface area contributed by atoms with Gasteiger partial charge in [0.05, 0.1) is 0 Å². The summed E-state index contributed by atoms with van der Waals surface area (Å²) in [6, 6.07) is 11.5. The Labute approximate surface area is 116 Å². The van der Waals surface area contributed by atoms with Gasteiger partial charge in [-0.05, 0) is 29.8 Å². The summed E-state index contributed by atoms with van der Waals surface area (Å²) < 4.78 is 12.9. The maximum Gasteiger partial charge on any atom is 0.188 e. The lowest BCUT2D eigenvalue weighted by molar-refractivity contribution is 0.318. The second-order valence-corrected chi connectivity index (χ2v) is 4.35. The fourth-order valence-corrected chi connectivity index (χ4v) is 1.77. The van der Waals surface area contributed by atoms with Crippen LogP contribution in [0.2, 0.25) is 0 Å². The highest BCUT2D eigenvalue weighted by Gasteiger charge is 2.07. The van der Waals surface area contributed by atoms with Crippen molar-refractivity contribution in [2.75, 3.05) is 11.9 Å². The summed E-state index contributed by atoms with van der Waals surface area (Å²) in [6.07, 6.45) is 0. The lowest BCUT2D eigenvalue weighted by Crippen LogP contribution is -2.20. The van der Waals surface area contributed by atoms with Gasteiger partial charge in [-0.2, -0.15) is 0 Å². The van der Waals surface area contributed by atoms with Crippen molar-refractivity contribution in [1.29, 1.82) is 0 Å². The van der Waals surface area contributed by atoms with Crippen molar-refractivity contribution >= 4 is 11.7 Å². The first-order valence-corrected chi connectivity index (χ1v) is 6.00. The lowest BCUT2D eigenvalue weighted by atomic mass is 10.2. The smallest absolute Gasteiger partial charge is 0.188 e. The van der Waals surface area contributed by atoms with Crippen LogP contribution in [0.4, 0.5) is 10.2 Å². The first-order chi connectivity index (χ1) is 9.60. The summed E-state index contributed by atoms with van der Waals surface area (Å²) in [7, 11) is 1.86. The van der Waals surface area contributed by atoms with E-state index < -0.39 is 0 Å². The maximum absolute atomic E-state index is 12.9. The highest BCUT2D eigenvalue weighted by molar-refractivity contribution is 5.95. The predicted molar refractivity (Wildman–Crippen MR) is 75.3 cm³/mol. The summed E-state index contributed by atoms with van der Waals surface area (Å²) in [5.41, 5.74) is 6.87. The number of oxime groups is 1. The van der Waals surface area contributed by atoms with Gasteiger partial charge in [0.2, 0.25) is 0 Å². The second-order valence-electron chi connectivity index (χ2n) is 4.35. The lowest BCUT2D eigenvalue weighted by Gasteiger charge is -2.18. The van der Waals surface area contributed by atoms with Crippen LogP contribution >= 0.6 is 0 Å². The maximum atomic E-state index is 12.9. The van der Waals surface area contributed by atoms with Gasteiger partial charge in [0, 0.05) is 13.6 Å². The normalized spacial score (nSPS) is 11.4. The molecule has 0 radical (unpaired) electrons. The number of nitrogens with zero attached hydrogens (tertiary/aromatic N) is 3. The van der Waals surface area contributed by atoms with Crippen molar-refractivity contribution in [3.05, 3.63) is 59.5 Å². The van der Waals surface area contributed by atoms with Gasteiger partial charge < -0.3 is 15.8 Å². The van der Waals surface area contributed by atoms with Gasteiger partial charge in [0.1, 0.15) is 17.3 Å². The van der Waals surface area contributed by atoms with Gasteiger partial charge in [-0.15, -0.1) is 0 Å². The molecule has 5 nitrogen and oxygen atoms in total. The summed E-state index contributed by atoms with van der Waals surface area (Å²) in [5, 5.41) is 11.6. The zero-order valence-electron chi connectivity index (χ0n) is 11.0. The fourth-order valence-electron chi connectivity index (χ4n) is 1.77. The molecule has 104 valence electrons. The van der Waals surface area contributed by atoms with Crippen molar-refractivity contribution in [3.63, 3.8) is 0 Å². The molecule has 0 aliphatic rings. The monoisotopic (exact) mass is 274 g/mol. The van der Waals surface area contributed by atoms with Gasteiger partial charge >= 0.3 is 0 Å². The number of pyridine rings is 1. The van der Waals surface area contributed by atoms with E-state index in [4.69, 9.17) is 10.9 Å². The van der Waals surface area contributed by atoms with Crippen LogP contribution in [-0.2, 0) is 6.54 Å². The molecule has 2 aromatic rings. The molecule has 1 aromatic carbocycles. The molecular weight excluding hydrogens is 259 g/mol. The second kappa shape index (κ2) is 6.01. The molecule has 0 spiro atoms. The van der Waals surface area contributed by atoms with Crippen LogP contribution in [-0.4, -0.2) is 23.1 Å². The van der Waals surface area contributed by atoms with Crippen LogP contribution in [0.3, 0.4) is 0 Å². The number of anilines is 1. The van der Waals surface area contributed by atoms with Crippen LogP contribution in [0.1, 0.15) is 11.3 Å². The number of amidine groups is 1. The van der Waals surface area contributed by atoms with Crippen LogP contribution in [0, 0.1) is 5.82 Å². The first-order valence-electron chi connectivity index (χ1n) is 6.00. The van der Waals surface area contributed by atoms with Crippen molar-refractivity contribution in [3.8, 4) is 0 Å². The Balaban J connectivity index is 2.16. The summed E-state index contributed by atoms with van der Waals surface area (Å²) in [5.74, 6) is 0.379. The third-order valence-electron chi connectivity index (χ3n) is 2.83. The topological polar surface area (TPSA) is 74.7 Å². The number of hydrogen-bond donors (Lipinski definition) is 2. The van der Waals surface area contributed by atoms with E-state index in [9.17, 15) is 4.39 Å². The summed E-state index contributed by atoms with van der Waals surface area (Å²) in [4.78, 5) is 6.18. The third kappa shape index (κ3) is 3.23. The zero-order chi connectivity index (χ0) is 14.5. The van der Waals surface area contributed by atoms with Crippen molar-refractivity contribution in [2.24, 2.45) is 10.9 Å². The van der Waals surface area contributed by atoms with Crippen LogP contribution in [0.5, 0.6) is 0 Å². The van der Waals surface area contributed by atoms with Crippen molar-refractivity contribution in [1.82, 2.24) is 4.98 Å². The van der Waals surface area contributed by atoms with Gasteiger partial charge in [-0.1, -0.05) is 23.4 Å². The van der Waals surface area contributed by atoms with Gasteiger partial charge in [0.25, 0.3) is 0 Å². The molecular formula is C14H15FN4O. The number of benzene rings is 1. The van der Waals surface area contributed by atoms with E-state index in [0.29, 0.717) is 18.1 Å². The minimum absolute atomic E-state index is 0.0398. The Hall–Kier alpha value is -2.63. The molecule has 0 bridgehead atoms. The molecule has 0 saturated carbocycles. The molecule has 0 aliphatic carbocycles. The van der Waals surface area contributed by atoms with Crippen molar-refractivity contribution < 1.29 is 9.60 Å². The average Bonchev–Trinajstić information content (AvgIpc) is 2.49. The molecule has 1 heterocycles. The molecule has 3 N–H and O–H groups in total. The van der Waals surface area contributed by atoms with E-state index in [1.54, 1.807) is 24.3 Å². The standard InChI is InChI=1S/C14H15FN4O/c1-19(9-10-5-7-11(15)8-6-10)13-4-2-3-12(17-13)14(16)18-20/h2-8,20H,9H2,1H3,(H2,16,18). The number of aromatic nitrogens is 1. The molecule has 0 unspecified atom stereocenters. The SMILES string of the molecule is CN(Cc1ccc(F)cc1)c1cccc(C(N)=NO)n1. The zero-order valence-corrected chi connectivity index (χ0v) is 11.0. The Morgan fingerprint density at radius 2 is 2.00 bits per heavy atom. The highest BCUT2D eigenvalue weighted by atomic mass is 19.1. The van der Waals surface area contributed by atoms with Crippen LogP contribution < -0.4 is 10.6 Å².